The molecule has 37 heavy (non-hydrogen) atoms. The van der Waals surface area contributed by atoms with Gasteiger partial charge in [-0.1, -0.05) is 12.1 Å². The first-order chi connectivity index (χ1) is 17.5. The van der Waals surface area contributed by atoms with Crippen molar-refractivity contribution in [1.82, 2.24) is 4.90 Å². The smallest absolute Gasteiger partial charge is 0.490 e. The molecule has 2 aliphatic heterocycles. The number of amides is 1. The van der Waals surface area contributed by atoms with E-state index in [9.17, 15) is 33.0 Å². The summed E-state index contributed by atoms with van der Waals surface area (Å²) in [6.45, 7) is 0.118. The van der Waals surface area contributed by atoms with E-state index in [-0.39, 0.29) is 30.3 Å². The molecule has 3 N–H and O–H groups in total. The number of carbonyl (C=O) groups excluding carboxylic acids is 2. The zero-order valence-corrected chi connectivity index (χ0v) is 19.5. The fourth-order valence-corrected chi connectivity index (χ4v) is 3.99. The number of aliphatic hydroxyl groups excluding tert-OH is 1. The Balaban J connectivity index is 1.24. The van der Waals surface area contributed by atoms with Crippen molar-refractivity contribution in [3.63, 3.8) is 0 Å². The normalized spacial score (nSPS) is 17.3. The first kappa shape index (κ1) is 26.4. The Bertz CT molecular complexity index is 1110. The SMILES string of the molecule is O=C(COC(=O)C(F)(F)F)Nc1ccc(O)cc1OC[C@H](O)CN1CCC2(CC1)Oc1ccccc1O2. The molecule has 4 rings (SSSR count). The number of para-hydroxylation sites is 2. The minimum atomic E-state index is -5.22. The summed E-state index contributed by atoms with van der Waals surface area (Å²) in [4.78, 5) is 24.7. The predicted octanol–water partition coefficient (Wildman–Crippen LogP) is 2.44. The van der Waals surface area contributed by atoms with Crippen LogP contribution in [0.1, 0.15) is 12.8 Å². The summed E-state index contributed by atoms with van der Waals surface area (Å²) in [7, 11) is 0. The predicted molar refractivity (Wildman–Crippen MR) is 121 cm³/mol. The van der Waals surface area contributed by atoms with Gasteiger partial charge in [0.05, 0.1) is 5.69 Å². The van der Waals surface area contributed by atoms with E-state index in [2.05, 4.69) is 10.1 Å². The molecule has 2 aromatic rings. The third-order valence-corrected chi connectivity index (χ3v) is 5.76. The van der Waals surface area contributed by atoms with Gasteiger partial charge in [-0.25, -0.2) is 4.79 Å². The minimum absolute atomic E-state index is 0.00747. The van der Waals surface area contributed by atoms with Crippen molar-refractivity contribution in [2.24, 2.45) is 0 Å². The van der Waals surface area contributed by atoms with Crippen molar-refractivity contribution < 1.29 is 51.9 Å². The van der Waals surface area contributed by atoms with E-state index in [4.69, 9.17) is 14.2 Å². The van der Waals surface area contributed by atoms with Crippen LogP contribution in [0, 0.1) is 0 Å². The van der Waals surface area contributed by atoms with E-state index in [0.717, 1.165) is 0 Å². The van der Waals surface area contributed by atoms with Gasteiger partial charge in [0.15, 0.2) is 18.1 Å². The van der Waals surface area contributed by atoms with Crippen LogP contribution in [0.25, 0.3) is 0 Å². The fourth-order valence-electron chi connectivity index (χ4n) is 3.99. The molecule has 2 aromatic carbocycles. The van der Waals surface area contributed by atoms with Crippen LogP contribution in [-0.2, 0) is 14.3 Å². The van der Waals surface area contributed by atoms with Gasteiger partial charge in [0.1, 0.15) is 24.2 Å². The molecule has 13 heteroatoms. The lowest BCUT2D eigenvalue weighted by atomic mass is 10.0. The standard InChI is InChI=1S/C24H25F3N2O8/c25-24(26,27)22(33)35-14-21(32)28-17-6-5-15(30)11-20(17)34-13-16(31)12-29-9-7-23(8-10-29)36-18-3-1-2-4-19(18)37-23/h1-6,11,16,30-31H,7-10,12-14H2,(H,28,32)/t16-/m1/s1. The zero-order chi connectivity index (χ0) is 26.6. The number of nitrogens with zero attached hydrogens (tertiary/aromatic N) is 1. The monoisotopic (exact) mass is 526 g/mol. The third kappa shape index (κ3) is 6.74. The van der Waals surface area contributed by atoms with Crippen LogP contribution in [0.5, 0.6) is 23.0 Å². The van der Waals surface area contributed by atoms with Crippen LogP contribution in [0.15, 0.2) is 42.5 Å². The molecule has 1 fully saturated rings. The van der Waals surface area contributed by atoms with Crippen LogP contribution in [0.3, 0.4) is 0 Å². The van der Waals surface area contributed by atoms with Crippen LogP contribution in [0.2, 0.25) is 0 Å². The van der Waals surface area contributed by atoms with Crippen LogP contribution >= 0.6 is 0 Å². The Morgan fingerprint density at radius 2 is 1.76 bits per heavy atom. The number of fused-ring (bicyclic) bond motifs is 1. The topological polar surface area (TPSA) is 127 Å². The molecule has 0 aliphatic carbocycles. The Morgan fingerprint density at radius 1 is 1.11 bits per heavy atom. The maximum absolute atomic E-state index is 12.2. The number of nitrogens with one attached hydrogen (secondary N) is 1. The van der Waals surface area contributed by atoms with Crippen molar-refractivity contribution in [2.75, 3.05) is 38.2 Å². The molecule has 200 valence electrons. The van der Waals surface area contributed by atoms with Gasteiger partial charge in [-0.05, 0) is 24.3 Å². The van der Waals surface area contributed by atoms with Crippen molar-refractivity contribution in [3.8, 4) is 23.0 Å². The Labute approximate surface area is 209 Å². The van der Waals surface area contributed by atoms with Crippen LogP contribution in [0.4, 0.5) is 18.9 Å². The molecule has 0 aromatic heterocycles. The average molecular weight is 526 g/mol. The summed E-state index contributed by atoms with van der Waals surface area (Å²) in [5, 5.41) is 22.5. The summed E-state index contributed by atoms with van der Waals surface area (Å²) >= 11 is 0. The van der Waals surface area contributed by atoms with Crippen molar-refractivity contribution in [3.05, 3.63) is 42.5 Å². The maximum Gasteiger partial charge on any atom is 0.490 e. The number of ether oxygens (including phenoxy) is 4. The number of hydrogen-bond acceptors (Lipinski definition) is 9. The number of phenolic OH excluding ortho intramolecular Hbond substituents is 1. The summed E-state index contributed by atoms with van der Waals surface area (Å²) in [5.74, 6) is -3.08. The van der Waals surface area contributed by atoms with Crippen LogP contribution in [-0.4, -0.2) is 77.9 Å². The molecule has 1 amide bonds. The highest BCUT2D eigenvalue weighted by atomic mass is 19.4. The third-order valence-electron chi connectivity index (χ3n) is 5.76. The summed E-state index contributed by atoms with van der Waals surface area (Å²) < 4.78 is 58.2. The lowest BCUT2D eigenvalue weighted by molar-refractivity contribution is -0.199. The first-order valence-electron chi connectivity index (χ1n) is 11.4. The summed E-state index contributed by atoms with van der Waals surface area (Å²) in [6, 6.07) is 11.1. The molecule has 1 saturated heterocycles. The number of aliphatic hydroxyl groups is 1. The number of halogens is 3. The molecule has 0 unspecified atom stereocenters. The van der Waals surface area contributed by atoms with Gasteiger partial charge in [-0.2, -0.15) is 13.2 Å². The minimum Gasteiger partial charge on any atom is -0.508 e. The molecule has 0 radical (unpaired) electrons. The van der Waals surface area contributed by atoms with Gasteiger partial charge in [0.2, 0.25) is 0 Å². The first-order valence-corrected chi connectivity index (χ1v) is 11.4. The zero-order valence-electron chi connectivity index (χ0n) is 19.5. The van der Waals surface area contributed by atoms with E-state index < -0.39 is 36.6 Å². The van der Waals surface area contributed by atoms with Gasteiger partial charge in [-0.3, -0.25) is 4.79 Å². The second-order valence-electron chi connectivity index (χ2n) is 8.63. The molecule has 1 spiro atoms. The van der Waals surface area contributed by atoms with Gasteiger partial charge >= 0.3 is 12.1 Å². The summed E-state index contributed by atoms with van der Waals surface area (Å²) in [5.41, 5.74) is 0.00747. The molecule has 2 heterocycles. The molecule has 0 saturated carbocycles. The number of piperidine rings is 1. The lowest BCUT2D eigenvalue weighted by Gasteiger charge is -2.38. The van der Waals surface area contributed by atoms with E-state index >= 15 is 0 Å². The number of likely N-dealkylation sites (tertiary alicyclic amines) is 1. The second kappa shape index (κ2) is 10.7. The van der Waals surface area contributed by atoms with Crippen LogP contribution < -0.4 is 19.5 Å². The number of alkyl halides is 3. The van der Waals surface area contributed by atoms with E-state index in [1.54, 1.807) is 0 Å². The number of carbonyl (C=O) groups is 2. The van der Waals surface area contributed by atoms with Gasteiger partial charge in [0, 0.05) is 38.5 Å². The quantitative estimate of drug-likeness (QED) is 0.351. The Hall–Kier alpha value is -3.71. The highest BCUT2D eigenvalue weighted by Gasteiger charge is 2.44. The van der Waals surface area contributed by atoms with Gasteiger partial charge < -0.3 is 39.4 Å². The molecular weight excluding hydrogens is 501 g/mol. The molecule has 0 bridgehead atoms. The summed E-state index contributed by atoms with van der Waals surface area (Å²) in [6.07, 6.45) is -4.97. The molecule has 10 nitrogen and oxygen atoms in total. The van der Waals surface area contributed by atoms with E-state index in [0.29, 0.717) is 37.4 Å². The number of hydrogen-bond donors (Lipinski definition) is 3. The van der Waals surface area contributed by atoms with Crippen molar-refractivity contribution >= 4 is 17.6 Å². The number of esters is 1. The number of rotatable bonds is 8. The molecule has 2 aliphatic rings. The van der Waals surface area contributed by atoms with E-state index in [1.165, 1.54) is 18.2 Å². The second-order valence-corrected chi connectivity index (χ2v) is 8.63. The number of benzene rings is 2. The van der Waals surface area contributed by atoms with Gasteiger partial charge in [0.25, 0.3) is 11.7 Å². The van der Waals surface area contributed by atoms with Crippen molar-refractivity contribution in [2.45, 2.75) is 30.9 Å². The number of anilines is 1. The number of β-amino-alcohol motifs (C(OH)–C–C–N with tert-alkyl or cyclic N) is 1. The lowest BCUT2D eigenvalue weighted by Crippen LogP contribution is -2.51. The number of phenols is 1. The highest BCUT2D eigenvalue weighted by molar-refractivity contribution is 5.94. The Kier molecular flexibility index (Phi) is 7.64. The van der Waals surface area contributed by atoms with E-state index in [1.807, 2.05) is 29.2 Å². The molecular formula is C24H25F3N2O8. The maximum atomic E-state index is 12.2. The fraction of sp³-hybridized carbons (Fsp3) is 0.417. The number of aromatic hydroxyl groups is 1. The average Bonchev–Trinajstić information content (AvgIpc) is 3.21. The van der Waals surface area contributed by atoms with Gasteiger partial charge in [-0.15, -0.1) is 0 Å². The Morgan fingerprint density at radius 3 is 2.38 bits per heavy atom. The largest absolute Gasteiger partial charge is 0.508 e. The molecule has 1 atom stereocenters. The highest BCUT2D eigenvalue weighted by Crippen LogP contribution is 2.43. The van der Waals surface area contributed by atoms with Crippen molar-refractivity contribution in [1.29, 1.82) is 0 Å².